The molecule has 0 saturated heterocycles. The third-order valence-electron chi connectivity index (χ3n) is 11.1. The van der Waals surface area contributed by atoms with E-state index in [9.17, 15) is 0 Å². The molecule has 0 aliphatic carbocycles. The van der Waals surface area contributed by atoms with Gasteiger partial charge in [0.05, 0.1) is 0 Å². The van der Waals surface area contributed by atoms with Crippen LogP contribution < -0.4 is 0 Å². The smallest absolute Gasteiger partial charge is 0.143 e. The zero-order valence-electron chi connectivity index (χ0n) is 28.9. The first-order valence-electron chi connectivity index (χ1n) is 18.3. The molecule has 0 N–H and O–H groups in total. The van der Waals surface area contributed by atoms with Crippen molar-refractivity contribution in [3.63, 3.8) is 0 Å². The van der Waals surface area contributed by atoms with E-state index in [-0.39, 0.29) is 0 Å². The van der Waals surface area contributed by atoms with Gasteiger partial charge in [-0.15, -0.1) is 0 Å². The molecule has 1 heteroatoms. The van der Waals surface area contributed by atoms with Crippen molar-refractivity contribution < 1.29 is 4.42 Å². The van der Waals surface area contributed by atoms with Gasteiger partial charge in [0.2, 0.25) is 0 Å². The summed E-state index contributed by atoms with van der Waals surface area (Å²) in [5.74, 6) is 0. The van der Waals surface area contributed by atoms with Gasteiger partial charge in [-0.05, 0) is 83.2 Å². The Hall–Kier alpha value is -6.96. The topological polar surface area (TPSA) is 13.1 Å². The number of hydrogen-bond acceptors (Lipinski definition) is 1. The van der Waals surface area contributed by atoms with Crippen molar-refractivity contribution in [3.8, 4) is 44.5 Å². The van der Waals surface area contributed by atoms with Crippen LogP contribution in [0.15, 0.2) is 199 Å². The Morgan fingerprint density at radius 3 is 1.43 bits per heavy atom. The fourth-order valence-corrected chi connectivity index (χ4v) is 8.61. The number of furan rings is 1. The van der Waals surface area contributed by atoms with E-state index in [1.54, 1.807) is 0 Å². The number of benzene rings is 10. The minimum atomic E-state index is 0.927. The molecule has 246 valence electrons. The normalized spacial score (nSPS) is 11.8. The molecular formula is C52H32O. The molecule has 11 aromatic rings. The maximum absolute atomic E-state index is 6.88. The predicted octanol–water partition coefficient (Wildman–Crippen LogP) is 14.9. The van der Waals surface area contributed by atoms with Crippen molar-refractivity contribution in [2.45, 2.75) is 0 Å². The van der Waals surface area contributed by atoms with Gasteiger partial charge in [-0.1, -0.05) is 182 Å². The van der Waals surface area contributed by atoms with Crippen LogP contribution in [0.2, 0.25) is 0 Å². The van der Waals surface area contributed by atoms with Crippen LogP contribution in [0.3, 0.4) is 0 Å². The third kappa shape index (κ3) is 4.64. The summed E-state index contributed by atoms with van der Waals surface area (Å²) in [6, 6.07) is 70.4. The van der Waals surface area contributed by atoms with Gasteiger partial charge in [-0.3, -0.25) is 0 Å². The number of hydrogen-bond donors (Lipinski definition) is 0. The largest absolute Gasteiger partial charge is 0.455 e. The summed E-state index contributed by atoms with van der Waals surface area (Å²) in [6.45, 7) is 0. The van der Waals surface area contributed by atoms with Gasteiger partial charge in [0, 0.05) is 27.3 Å². The second kappa shape index (κ2) is 11.8. The van der Waals surface area contributed by atoms with E-state index in [1.165, 1.54) is 76.6 Å². The molecule has 0 atom stereocenters. The number of para-hydroxylation sites is 1. The molecule has 0 radical (unpaired) electrons. The van der Waals surface area contributed by atoms with Crippen molar-refractivity contribution in [2.24, 2.45) is 0 Å². The van der Waals surface area contributed by atoms with Crippen LogP contribution >= 0.6 is 0 Å². The van der Waals surface area contributed by atoms with Crippen LogP contribution in [-0.4, -0.2) is 0 Å². The lowest BCUT2D eigenvalue weighted by Gasteiger charge is -2.18. The van der Waals surface area contributed by atoms with Gasteiger partial charge in [0.1, 0.15) is 11.2 Å². The summed E-state index contributed by atoms with van der Waals surface area (Å²) in [5, 5.41) is 12.0. The molecule has 0 amide bonds. The summed E-state index contributed by atoms with van der Waals surface area (Å²) in [5.41, 5.74) is 11.5. The monoisotopic (exact) mass is 672 g/mol. The van der Waals surface area contributed by atoms with Gasteiger partial charge in [-0.25, -0.2) is 0 Å². The zero-order valence-corrected chi connectivity index (χ0v) is 28.9. The molecule has 1 heterocycles. The Labute approximate surface area is 307 Å². The van der Waals surface area contributed by atoms with Crippen molar-refractivity contribution >= 4 is 65.0 Å². The molecule has 0 fully saturated rings. The first-order chi connectivity index (χ1) is 26.3. The Kier molecular flexibility index (Phi) is 6.62. The highest BCUT2D eigenvalue weighted by Gasteiger charge is 2.21. The first kappa shape index (κ1) is 29.7. The number of fused-ring (bicyclic) bond motifs is 8. The molecule has 10 aromatic carbocycles. The van der Waals surface area contributed by atoms with Crippen LogP contribution in [0.1, 0.15) is 0 Å². The van der Waals surface area contributed by atoms with E-state index in [1.807, 2.05) is 0 Å². The highest BCUT2D eigenvalue weighted by Crippen LogP contribution is 2.47. The summed E-state index contributed by atoms with van der Waals surface area (Å²) in [6.07, 6.45) is 0. The maximum atomic E-state index is 6.88. The molecule has 0 aliphatic rings. The lowest BCUT2D eigenvalue weighted by molar-refractivity contribution is 0.674. The molecule has 1 aromatic heterocycles. The van der Waals surface area contributed by atoms with Crippen LogP contribution in [-0.2, 0) is 0 Å². The molecule has 0 saturated carbocycles. The quantitative estimate of drug-likeness (QED) is 0.170. The van der Waals surface area contributed by atoms with Gasteiger partial charge in [0.15, 0.2) is 0 Å². The van der Waals surface area contributed by atoms with E-state index in [0.717, 1.165) is 32.9 Å². The Morgan fingerprint density at radius 1 is 0.245 bits per heavy atom. The second-order valence-electron chi connectivity index (χ2n) is 14.0. The molecule has 1 nitrogen and oxygen atoms in total. The standard InChI is InChI=1S/C52H32O/c1-2-14-37-32-38(29-24-33(37)12-1)40-16-6-5-15-39(40)35-25-27-36(28-26-35)49-42-18-7-9-20-44(42)50(45-21-10-8-19-43(45)49)48-23-11-22-46-47-31-30-34-13-3-4-17-41(34)51(47)53-52(46)48/h1-32H. The van der Waals surface area contributed by atoms with E-state index < -0.39 is 0 Å². The van der Waals surface area contributed by atoms with Crippen LogP contribution in [0, 0.1) is 0 Å². The average molecular weight is 673 g/mol. The minimum absolute atomic E-state index is 0.927. The van der Waals surface area contributed by atoms with E-state index in [0.29, 0.717) is 0 Å². The predicted molar refractivity (Wildman–Crippen MR) is 225 cm³/mol. The van der Waals surface area contributed by atoms with Gasteiger partial charge in [0.25, 0.3) is 0 Å². The van der Waals surface area contributed by atoms with Crippen molar-refractivity contribution in [1.82, 2.24) is 0 Å². The fourth-order valence-electron chi connectivity index (χ4n) is 8.61. The van der Waals surface area contributed by atoms with Gasteiger partial charge in [-0.2, -0.15) is 0 Å². The molecular weight excluding hydrogens is 641 g/mol. The van der Waals surface area contributed by atoms with E-state index in [2.05, 4.69) is 194 Å². The molecule has 0 aliphatic heterocycles. The average Bonchev–Trinajstić information content (AvgIpc) is 3.63. The van der Waals surface area contributed by atoms with Gasteiger partial charge >= 0.3 is 0 Å². The first-order valence-corrected chi connectivity index (χ1v) is 18.3. The zero-order chi connectivity index (χ0) is 34.9. The Morgan fingerprint density at radius 2 is 0.717 bits per heavy atom. The molecule has 53 heavy (non-hydrogen) atoms. The van der Waals surface area contributed by atoms with Gasteiger partial charge < -0.3 is 4.42 Å². The molecule has 0 spiro atoms. The van der Waals surface area contributed by atoms with Crippen LogP contribution in [0.4, 0.5) is 0 Å². The molecule has 11 rings (SSSR count). The SMILES string of the molecule is c1ccc(-c2ccc3ccccc3c2)c(-c2ccc(-c3c4ccccc4c(-c4cccc5c4oc4c6ccccc6ccc54)c4ccccc34)cc2)c1. The third-order valence-corrected chi connectivity index (χ3v) is 11.1. The molecule has 0 unspecified atom stereocenters. The van der Waals surface area contributed by atoms with Crippen LogP contribution in [0.5, 0.6) is 0 Å². The maximum Gasteiger partial charge on any atom is 0.143 e. The summed E-state index contributed by atoms with van der Waals surface area (Å²) < 4.78 is 6.88. The Bertz CT molecular complexity index is 3160. The van der Waals surface area contributed by atoms with Crippen LogP contribution in [0.25, 0.3) is 110 Å². The summed E-state index contributed by atoms with van der Waals surface area (Å²) in [7, 11) is 0. The summed E-state index contributed by atoms with van der Waals surface area (Å²) >= 11 is 0. The lowest BCUT2D eigenvalue weighted by atomic mass is 9.85. The summed E-state index contributed by atoms with van der Waals surface area (Å²) in [4.78, 5) is 0. The highest BCUT2D eigenvalue weighted by atomic mass is 16.3. The van der Waals surface area contributed by atoms with Crippen molar-refractivity contribution in [1.29, 1.82) is 0 Å². The highest BCUT2D eigenvalue weighted by molar-refractivity contribution is 6.25. The lowest BCUT2D eigenvalue weighted by Crippen LogP contribution is -1.91. The van der Waals surface area contributed by atoms with Crippen molar-refractivity contribution in [2.75, 3.05) is 0 Å². The van der Waals surface area contributed by atoms with E-state index in [4.69, 9.17) is 4.42 Å². The fraction of sp³-hybridized carbons (Fsp3) is 0. The molecule has 0 bridgehead atoms. The second-order valence-corrected chi connectivity index (χ2v) is 14.0. The Balaban J connectivity index is 1.09. The number of rotatable bonds is 4. The minimum Gasteiger partial charge on any atom is -0.455 e. The van der Waals surface area contributed by atoms with E-state index >= 15 is 0 Å². The van der Waals surface area contributed by atoms with Crippen molar-refractivity contribution in [3.05, 3.63) is 194 Å².